The second-order valence-corrected chi connectivity index (χ2v) is 4.16. The molecule has 0 aromatic heterocycles. The Labute approximate surface area is 96.1 Å². The van der Waals surface area contributed by atoms with E-state index in [0.717, 1.165) is 0 Å². The first-order valence-corrected chi connectivity index (χ1v) is 5.34. The van der Waals surface area contributed by atoms with Gasteiger partial charge in [-0.15, -0.1) is 6.58 Å². The molecule has 1 nitrogen and oxygen atoms in total. The molecule has 1 aromatic carbocycles. The minimum atomic E-state index is -0.575. The van der Waals surface area contributed by atoms with Crippen molar-refractivity contribution in [3.05, 3.63) is 46.5 Å². The summed E-state index contributed by atoms with van der Waals surface area (Å²) in [5.41, 5.74) is 5.71. The number of hydrogen-bond acceptors (Lipinski definition) is 1. The summed E-state index contributed by atoms with van der Waals surface area (Å²) >= 11 is 3.01. The van der Waals surface area contributed by atoms with Crippen molar-refractivity contribution in [3.63, 3.8) is 0 Å². The molecule has 82 valence electrons. The van der Waals surface area contributed by atoms with Crippen LogP contribution in [0.25, 0.3) is 0 Å². The van der Waals surface area contributed by atoms with Crippen LogP contribution in [-0.2, 0) is 6.42 Å². The number of halogens is 3. The fraction of sp³-hybridized carbons (Fsp3) is 0.273. The molecule has 0 saturated heterocycles. The molecule has 1 rings (SSSR count). The minimum Gasteiger partial charge on any atom is -0.327 e. The van der Waals surface area contributed by atoms with Gasteiger partial charge in [0, 0.05) is 11.6 Å². The lowest BCUT2D eigenvalue weighted by atomic mass is 10.0. The number of hydrogen-bond donors (Lipinski definition) is 1. The molecule has 1 atom stereocenters. The van der Waals surface area contributed by atoms with E-state index >= 15 is 0 Å². The highest BCUT2D eigenvalue weighted by atomic mass is 79.9. The zero-order valence-corrected chi connectivity index (χ0v) is 9.73. The van der Waals surface area contributed by atoms with Crippen LogP contribution in [0, 0.1) is 11.6 Å². The van der Waals surface area contributed by atoms with Gasteiger partial charge in [0.25, 0.3) is 0 Å². The molecular weight excluding hydrogens is 264 g/mol. The molecule has 0 amide bonds. The van der Waals surface area contributed by atoms with Crippen LogP contribution in [0.4, 0.5) is 8.78 Å². The van der Waals surface area contributed by atoms with Crippen LogP contribution in [0.3, 0.4) is 0 Å². The third-order valence-corrected chi connectivity index (χ3v) is 2.69. The lowest BCUT2D eigenvalue weighted by Gasteiger charge is -2.11. The van der Waals surface area contributed by atoms with Gasteiger partial charge in [-0.2, -0.15) is 0 Å². The molecule has 0 aliphatic rings. The van der Waals surface area contributed by atoms with Crippen LogP contribution in [0.15, 0.2) is 29.3 Å². The van der Waals surface area contributed by atoms with Crippen molar-refractivity contribution in [2.24, 2.45) is 5.73 Å². The van der Waals surface area contributed by atoms with Crippen molar-refractivity contribution in [2.45, 2.75) is 18.9 Å². The van der Waals surface area contributed by atoms with Gasteiger partial charge in [0.2, 0.25) is 0 Å². The Hall–Kier alpha value is -0.740. The first kappa shape index (κ1) is 12.3. The normalized spacial score (nSPS) is 12.5. The van der Waals surface area contributed by atoms with Crippen LogP contribution in [-0.4, -0.2) is 6.04 Å². The summed E-state index contributed by atoms with van der Waals surface area (Å²) in [6.07, 6.45) is 2.34. The molecule has 1 unspecified atom stereocenters. The summed E-state index contributed by atoms with van der Waals surface area (Å²) in [6.45, 7) is 3.53. The highest BCUT2D eigenvalue weighted by molar-refractivity contribution is 9.10. The fourth-order valence-electron chi connectivity index (χ4n) is 1.32. The molecule has 0 heterocycles. The number of nitrogens with two attached hydrogens (primary N) is 1. The van der Waals surface area contributed by atoms with E-state index in [1.807, 2.05) is 0 Å². The average molecular weight is 276 g/mol. The molecule has 0 spiro atoms. The Morgan fingerprint density at radius 3 is 2.73 bits per heavy atom. The topological polar surface area (TPSA) is 26.0 Å². The molecule has 0 aliphatic carbocycles. The quantitative estimate of drug-likeness (QED) is 0.663. The zero-order chi connectivity index (χ0) is 11.4. The largest absolute Gasteiger partial charge is 0.327 e. The maximum atomic E-state index is 13.5. The molecule has 0 bridgehead atoms. The predicted molar refractivity (Wildman–Crippen MR) is 60.6 cm³/mol. The molecule has 0 radical (unpaired) electrons. The van der Waals surface area contributed by atoms with Gasteiger partial charge >= 0.3 is 0 Å². The van der Waals surface area contributed by atoms with Gasteiger partial charge in [-0.25, -0.2) is 8.78 Å². The van der Waals surface area contributed by atoms with E-state index in [-0.39, 0.29) is 22.5 Å². The van der Waals surface area contributed by atoms with E-state index < -0.39 is 11.6 Å². The van der Waals surface area contributed by atoms with E-state index in [9.17, 15) is 8.78 Å². The summed E-state index contributed by atoms with van der Waals surface area (Å²) < 4.78 is 27.0. The summed E-state index contributed by atoms with van der Waals surface area (Å²) in [5.74, 6) is -1.13. The predicted octanol–water partition coefficient (Wildman–Crippen LogP) is 3.17. The molecule has 0 saturated carbocycles. The lowest BCUT2D eigenvalue weighted by molar-refractivity contribution is 0.532. The smallest absolute Gasteiger partial charge is 0.143 e. The maximum absolute atomic E-state index is 13.5. The van der Waals surface area contributed by atoms with Crippen molar-refractivity contribution in [2.75, 3.05) is 0 Å². The average Bonchev–Trinajstić information content (AvgIpc) is 2.19. The van der Waals surface area contributed by atoms with Crippen molar-refractivity contribution >= 4 is 15.9 Å². The van der Waals surface area contributed by atoms with Gasteiger partial charge < -0.3 is 5.73 Å². The van der Waals surface area contributed by atoms with E-state index in [1.54, 1.807) is 6.08 Å². The summed E-state index contributed by atoms with van der Waals surface area (Å²) in [7, 11) is 0. The van der Waals surface area contributed by atoms with Gasteiger partial charge in [-0.05, 0) is 40.9 Å². The molecule has 0 aliphatic heterocycles. The summed E-state index contributed by atoms with van der Waals surface area (Å²) in [6, 6.07) is 2.26. The number of rotatable bonds is 4. The second kappa shape index (κ2) is 5.37. The Bertz CT molecular complexity index is 366. The Balaban J connectivity index is 2.93. The molecule has 0 fully saturated rings. The van der Waals surface area contributed by atoms with Crippen molar-refractivity contribution in [1.82, 2.24) is 0 Å². The molecular formula is C11H12BrF2N. The number of benzene rings is 1. The molecule has 15 heavy (non-hydrogen) atoms. The van der Waals surface area contributed by atoms with Crippen LogP contribution in [0.1, 0.15) is 12.0 Å². The van der Waals surface area contributed by atoms with Crippen molar-refractivity contribution < 1.29 is 8.78 Å². The molecule has 4 heteroatoms. The van der Waals surface area contributed by atoms with Crippen LogP contribution in [0.2, 0.25) is 0 Å². The third-order valence-electron chi connectivity index (χ3n) is 2.07. The monoisotopic (exact) mass is 275 g/mol. The Kier molecular flexibility index (Phi) is 4.42. The van der Waals surface area contributed by atoms with Gasteiger partial charge in [-0.1, -0.05) is 6.08 Å². The van der Waals surface area contributed by atoms with Crippen LogP contribution in [0.5, 0.6) is 0 Å². The zero-order valence-electron chi connectivity index (χ0n) is 8.14. The van der Waals surface area contributed by atoms with E-state index in [0.29, 0.717) is 6.42 Å². The van der Waals surface area contributed by atoms with Crippen molar-refractivity contribution in [1.29, 1.82) is 0 Å². The van der Waals surface area contributed by atoms with E-state index in [1.165, 1.54) is 12.1 Å². The van der Waals surface area contributed by atoms with E-state index in [4.69, 9.17) is 5.73 Å². The summed E-state index contributed by atoms with van der Waals surface area (Å²) in [5, 5.41) is 0. The second-order valence-electron chi connectivity index (χ2n) is 3.31. The summed E-state index contributed by atoms with van der Waals surface area (Å²) in [4.78, 5) is 0. The third kappa shape index (κ3) is 3.11. The minimum absolute atomic E-state index is 0.0266. The maximum Gasteiger partial charge on any atom is 0.143 e. The van der Waals surface area contributed by atoms with Gasteiger partial charge in [0.05, 0.1) is 4.47 Å². The van der Waals surface area contributed by atoms with Gasteiger partial charge in [0.1, 0.15) is 11.6 Å². The lowest BCUT2D eigenvalue weighted by Crippen LogP contribution is -2.23. The standard InChI is InChI=1S/C11H12BrF2N/c1-2-3-7(15)6-8-10(13)5-4-9(12)11(8)14/h2,4-5,7H,1,3,6,15H2. The Morgan fingerprint density at radius 1 is 1.47 bits per heavy atom. The SMILES string of the molecule is C=CCC(N)Cc1c(F)ccc(Br)c1F. The fourth-order valence-corrected chi connectivity index (χ4v) is 1.69. The van der Waals surface area contributed by atoms with Gasteiger partial charge in [-0.3, -0.25) is 0 Å². The van der Waals surface area contributed by atoms with E-state index in [2.05, 4.69) is 22.5 Å². The molecule has 1 aromatic rings. The first-order chi connectivity index (χ1) is 7.06. The first-order valence-electron chi connectivity index (χ1n) is 4.55. The van der Waals surface area contributed by atoms with Crippen molar-refractivity contribution in [3.8, 4) is 0 Å². The highest BCUT2D eigenvalue weighted by Gasteiger charge is 2.14. The highest BCUT2D eigenvalue weighted by Crippen LogP contribution is 2.22. The van der Waals surface area contributed by atoms with Gasteiger partial charge in [0.15, 0.2) is 0 Å². The van der Waals surface area contributed by atoms with Crippen LogP contribution >= 0.6 is 15.9 Å². The molecule has 2 N–H and O–H groups in total. The Morgan fingerprint density at radius 2 is 2.13 bits per heavy atom. The van der Waals surface area contributed by atoms with Crippen LogP contribution < -0.4 is 5.73 Å².